The number of H-pyrrole nitrogens is 1. The van der Waals surface area contributed by atoms with Crippen molar-refractivity contribution in [2.45, 2.75) is 13.8 Å². The highest BCUT2D eigenvalue weighted by molar-refractivity contribution is 6.03. The fourth-order valence-corrected chi connectivity index (χ4v) is 1.69. The number of rotatable bonds is 1. The van der Waals surface area contributed by atoms with Gasteiger partial charge in [-0.3, -0.25) is 0 Å². The van der Waals surface area contributed by atoms with E-state index in [1.54, 1.807) is 6.92 Å². The molecule has 1 aromatic carbocycles. The van der Waals surface area contributed by atoms with E-state index in [0.29, 0.717) is 5.71 Å². The third-order valence-electron chi connectivity index (χ3n) is 2.48. The molecule has 14 heavy (non-hydrogen) atoms. The Morgan fingerprint density at radius 3 is 2.71 bits per heavy atom. The zero-order valence-electron chi connectivity index (χ0n) is 8.20. The number of nitrogens with zero attached hydrogens (tertiary/aromatic N) is 1. The van der Waals surface area contributed by atoms with E-state index in [1.165, 1.54) is 5.39 Å². The molecule has 0 fully saturated rings. The van der Waals surface area contributed by atoms with E-state index in [1.807, 2.05) is 25.1 Å². The first-order valence-electron chi connectivity index (χ1n) is 4.50. The summed E-state index contributed by atoms with van der Waals surface area (Å²) >= 11 is 0. The van der Waals surface area contributed by atoms with Crippen LogP contribution in [0.15, 0.2) is 29.4 Å². The van der Waals surface area contributed by atoms with Crippen molar-refractivity contribution < 1.29 is 5.21 Å². The number of aromatic amines is 1. The van der Waals surface area contributed by atoms with Gasteiger partial charge in [-0.05, 0) is 25.5 Å². The van der Waals surface area contributed by atoms with Crippen molar-refractivity contribution in [3.8, 4) is 0 Å². The highest BCUT2D eigenvalue weighted by Gasteiger charge is 2.08. The molecule has 1 aromatic heterocycles. The van der Waals surface area contributed by atoms with Crippen LogP contribution >= 0.6 is 0 Å². The molecule has 2 N–H and O–H groups in total. The summed E-state index contributed by atoms with van der Waals surface area (Å²) in [4.78, 5) is 3.22. The SMILES string of the molecule is CC(=NO)c1[nH]c2ccccc2c1C. The zero-order valence-corrected chi connectivity index (χ0v) is 8.20. The summed E-state index contributed by atoms with van der Waals surface area (Å²) in [6.07, 6.45) is 0. The second-order valence-electron chi connectivity index (χ2n) is 3.36. The molecule has 2 rings (SSSR count). The van der Waals surface area contributed by atoms with Crippen molar-refractivity contribution in [3.05, 3.63) is 35.5 Å². The van der Waals surface area contributed by atoms with Gasteiger partial charge in [-0.2, -0.15) is 0 Å². The topological polar surface area (TPSA) is 48.4 Å². The third kappa shape index (κ3) is 1.18. The Bertz CT molecular complexity index is 497. The van der Waals surface area contributed by atoms with Crippen LogP contribution in [0.5, 0.6) is 0 Å². The molecule has 0 amide bonds. The Balaban J connectivity index is 2.75. The molecule has 1 heterocycles. The normalized spacial score (nSPS) is 12.3. The van der Waals surface area contributed by atoms with Gasteiger partial charge >= 0.3 is 0 Å². The Morgan fingerprint density at radius 1 is 1.36 bits per heavy atom. The van der Waals surface area contributed by atoms with Crippen molar-refractivity contribution in [3.63, 3.8) is 0 Å². The number of aryl methyl sites for hydroxylation is 1. The summed E-state index contributed by atoms with van der Waals surface area (Å²) in [5.41, 5.74) is 3.70. The van der Waals surface area contributed by atoms with Gasteiger partial charge in [0.15, 0.2) is 0 Å². The van der Waals surface area contributed by atoms with Gasteiger partial charge in [-0.25, -0.2) is 0 Å². The molecule has 0 aliphatic heterocycles. The van der Waals surface area contributed by atoms with Crippen LogP contribution in [0.3, 0.4) is 0 Å². The molecule has 0 unspecified atom stereocenters. The van der Waals surface area contributed by atoms with Crippen LogP contribution < -0.4 is 0 Å². The van der Waals surface area contributed by atoms with Crippen LogP contribution in [0.4, 0.5) is 0 Å². The molecule has 0 aliphatic rings. The van der Waals surface area contributed by atoms with E-state index >= 15 is 0 Å². The maximum atomic E-state index is 8.71. The van der Waals surface area contributed by atoms with Gasteiger partial charge in [0.2, 0.25) is 0 Å². The van der Waals surface area contributed by atoms with Crippen molar-refractivity contribution in [2.75, 3.05) is 0 Å². The maximum Gasteiger partial charge on any atom is 0.100 e. The molecule has 0 radical (unpaired) electrons. The number of nitrogens with one attached hydrogen (secondary N) is 1. The Kier molecular flexibility index (Phi) is 2.00. The highest BCUT2D eigenvalue weighted by atomic mass is 16.4. The van der Waals surface area contributed by atoms with E-state index in [-0.39, 0.29) is 0 Å². The molecule has 0 aliphatic carbocycles. The largest absolute Gasteiger partial charge is 0.411 e. The standard InChI is InChI=1S/C11H12N2O/c1-7-9-5-3-4-6-10(9)12-11(7)8(2)13-14/h3-6,12,14H,1-2H3. The number of hydrogen-bond acceptors (Lipinski definition) is 2. The van der Waals surface area contributed by atoms with Crippen molar-refractivity contribution in [1.29, 1.82) is 0 Å². The Morgan fingerprint density at radius 2 is 2.07 bits per heavy atom. The molecular weight excluding hydrogens is 176 g/mol. The van der Waals surface area contributed by atoms with Gasteiger partial charge in [0.1, 0.15) is 5.71 Å². The quantitative estimate of drug-likeness (QED) is 0.403. The average molecular weight is 188 g/mol. The van der Waals surface area contributed by atoms with Crippen molar-refractivity contribution in [2.24, 2.45) is 5.16 Å². The lowest BCUT2D eigenvalue weighted by Crippen LogP contribution is -1.96. The van der Waals surface area contributed by atoms with Gasteiger partial charge in [-0.1, -0.05) is 23.4 Å². The number of benzene rings is 1. The summed E-state index contributed by atoms with van der Waals surface area (Å²) < 4.78 is 0. The summed E-state index contributed by atoms with van der Waals surface area (Å²) in [6, 6.07) is 8.04. The van der Waals surface area contributed by atoms with Crippen LogP contribution in [0.1, 0.15) is 18.2 Å². The van der Waals surface area contributed by atoms with Crippen LogP contribution in [-0.2, 0) is 0 Å². The van der Waals surface area contributed by atoms with Crippen LogP contribution in [0, 0.1) is 6.92 Å². The predicted octanol–water partition coefficient (Wildman–Crippen LogP) is 2.67. The van der Waals surface area contributed by atoms with Crippen molar-refractivity contribution in [1.82, 2.24) is 4.98 Å². The van der Waals surface area contributed by atoms with Gasteiger partial charge in [-0.15, -0.1) is 0 Å². The minimum atomic E-state index is 0.610. The third-order valence-corrected chi connectivity index (χ3v) is 2.48. The first kappa shape index (κ1) is 8.81. The minimum absolute atomic E-state index is 0.610. The highest BCUT2D eigenvalue weighted by Crippen LogP contribution is 2.21. The summed E-state index contributed by atoms with van der Waals surface area (Å²) in [5.74, 6) is 0. The minimum Gasteiger partial charge on any atom is -0.411 e. The van der Waals surface area contributed by atoms with Gasteiger partial charge in [0.25, 0.3) is 0 Å². The second-order valence-corrected chi connectivity index (χ2v) is 3.36. The summed E-state index contributed by atoms with van der Waals surface area (Å²) in [5, 5.41) is 13.1. The monoisotopic (exact) mass is 188 g/mol. The summed E-state index contributed by atoms with van der Waals surface area (Å²) in [7, 11) is 0. The second kappa shape index (κ2) is 3.18. The molecule has 0 saturated heterocycles. The average Bonchev–Trinajstić information content (AvgIpc) is 2.56. The molecule has 0 atom stereocenters. The number of hydrogen-bond donors (Lipinski definition) is 2. The number of fused-ring (bicyclic) bond motifs is 1. The Hall–Kier alpha value is -1.77. The first-order chi connectivity index (χ1) is 6.74. The number of para-hydroxylation sites is 1. The molecule has 3 heteroatoms. The van der Waals surface area contributed by atoms with Gasteiger partial charge in [0, 0.05) is 10.9 Å². The van der Waals surface area contributed by atoms with Crippen LogP contribution in [0.25, 0.3) is 10.9 Å². The molecule has 0 bridgehead atoms. The zero-order chi connectivity index (χ0) is 10.1. The number of oxime groups is 1. The molecular formula is C11H12N2O. The van der Waals surface area contributed by atoms with E-state index in [2.05, 4.69) is 16.2 Å². The smallest absolute Gasteiger partial charge is 0.100 e. The van der Waals surface area contributed by atoms with Gasteiger partial charge < -0.3 is 10.2 Å². The fourth-order valence-electron chi connectivity index (χ4n) is 1.69. The molecule has 2 aromatic rings. The van der Waals surface area contributed by atoms with E-state index in [4.69, 9.17) is 5.21 Å². The van der Waals surface area contributed by atoms with E-state index in [0.717, 1.165) is 16.8 Å². The lowest BCUT2D eigenvalue weighted by molar-refractivity contribution is 0.319. The molecule has 3 nitrogen and oxygen atoms in total. The van der Waals surface area contributed by atoms with Crippen molar-refractivity contribution >= 4 is 16.6 Å². The number of aromatic nitrogens is 1. The van der Waals surface area contributed by atoms with E-state index in [9.17, 15) is 0 Å². The van der Waals surface area contributed by atoms with Gasteiger partial charge in [0.05, 0.1) is 5.69 Å². The van der Waals surface area contributed by atoms with Crippen LogP contribution in [-0.4, -0.2) is 15.9 Å². The molecule has 0 saturated carbocycles. The lowest BCUT2D eigenvalue weighted by atomic mass is 10.1. The fraction of sp³-hybridized carbons (Fsp3) is 0.182. The predicted molar refractivity (Wildman–Crippen MR) is 57.0 cm³/mol. The lowest BCUT2D eigenvalue weighted by Gasteiger charge is -1.95. The van der Waals surface area contributed by atoms with E-state index < -0.39 is 0 Å². The van der Waals surface area contributed by atoms with Crippen LogP contribution in [0.2, 0.25) is 0 Å². The first-order valence-corrected chi connectivity index (χ1v) is 4.50. The summed E-state index contributed by atoms with van der Waals surface area (Å²) in [6.45, 7) is 3.79. The molecule has 72 valence electrons. The maximum absolute atomic E-state index is 8.71. The molecule has 0 spiro atoms. The Labute approximate surface area is 82.1 Å².